The van der Waals surface area contributed by atoms with Crippen molar-refractivity contribution in [1.29, 1.82) is 0 Å². The highest BCUT2D eigenvalue weighted by Crippen LogP contribution is 2.39. The Morgan fingerprint density at radius 1 is 0.767 bits per heavy atom. The number of hydrogen-bond acceptors (Lipinski definition) is 7. The topological polar surface area (TPSA) is 70.4 Å². The smallest absolute Gasteiger partial charge is 0.250 e. The molecule has 2 aromatic rings. The molecule has 3 saturated heterocycles. The molecule has 0 saturated carbocycles. The van der Waals surface area contributed by atoms with E-state index >= 15 is 0 Å². The van der Waals surface area contributed by atoms with Crippen LogP contribution in [-0.4, -0.2) is 52.2 Å². The third-order valence-corrected chi connectivity index (χ3v) is 7.18. The summed E-state index contributed by atoms with van der Waals surface area (Å²) in [7, 11) is 0. The van der Waals surface area contributed by atoms with Gasteiger partial charge >= 0.3 is 0 Å². The van der Waals surface area contributed by atoms with Gasteiger partial charge in [-0.25, -0.2) is 0 Å². The second kappa shape index (κ2) is 7.25. The molecule has 3 fully saturated rings. The fourth-order valence-corrected chi connectivity index (χ4v) is 5.59. The third kappa shape index (κ3) is 3.04. The van der Waals surface area contributed by atoms with Crippen LogP contribution in [0.1, 0.15) is 50.3 Å². The predicted molar refractivity (Wildman–Crippen MR) is 116 cm³/mol. The fourth-order valence-electron chi connectivity index (χ4n) is 5.59. The molecule has 5 aliphatic heterocycles. The van der Waals surface area contributed by atoms with Gasteiger partial charge in [0.2, 0.25) is 17.8 Å². The van der Waals surface area contributed by atoms with E-state index in [9.17, 15) is 4.79 Å². The Kier molecular flexibility index (Phi) is 4.39. The first-order chi connectivity index (χ1) is 14.8. The van der Waals surface area contributed by atoms with Gasteiger partial charge in [-0.1, -0.05) is 6.07 Å². The van der Waals surface area contributed by atoms with E-state index in [0.29, 0.717) is 5.92 Å². The SMILES string of the molecule is O=c1cccc2n1CC1CCC2N(c2nc(N3CCCC3)nc(N3CCCC3)n2)C1. The maximum atomic E-state index is 12.5. The lowest BCUT2D eigenvalue weighted by atomic mass is 9.94. The number of rotatable bonds is 3. The van der Waals surface area contributed by atoms with Crippen molar-refractivity contribution in [3.63, 3.8) is 0 Å². The van der Waals surface area contributed by atoms with Gasteiger partial charge in [0.1, 0.15) is 0 Å². The maximum absolute atomic E-state index is 12.5. The van der Waals surface area contributed by atoms with Crippen LogP contribution in [0.2, 0.25) is 0 Å². The molecule has 158 valence electrons. The lowest BCUT2D eigenvalue weighted by Crippen LogP contribution is -2.38. The second-order valence-electron chi connectivity index (χ2n) is 9.13. The van der Waals surface area contributed by atoms with Gasteiger partial charge in [0.05, 0.1) is 6.04 Å². The second-order valence-corrected chi connectivity index (χ2v) is 9.13. The zero-order valence-electron chi connectivity index (χ0n) is 17.4. The molecule has 2 aromatic heterocycles. The van der Waals surface area contributed by atoms with Gasteiger partial charge in [-0.05, 0) is 50.5 Å². The third-order valence-electron chi connectivity index (χ3n) is 7.18. The van der Waals surface area contributed by atoms with Crippen molar-refractivity contribution in [3.8, 4) is 0 Å². The molecule has 8 nitrogen and oxygen atoms in total. The maximum Gasteiger partial charge on any atom is 0.250 e. The molecule has 2 unspecified atom stereocenters. The van der Waals surface area contributed by atoms with Gasteiger partial charge in [-0.15, -0.1) is 0 Å². The van der Waals surface area contributed by atoms with Gasteiger partial charge < -0.3 is 19.3 Å². The monoisotopic (exact) mass is 407 g/mol. The summed E-state index contributed by atoms with van der Waals surface area (Å²) >= 11 is 0. The number of nitrogens with zero attached hydrogens (tertiary/aromatic N) is 7. The largest absolute Gasteiger partial charge is 0.341 e. The number of anilines is 3. The summed E-state index contributed by atoms with van der Waals surface area (Å²) in [5.41, 5.74) is 1.21. The van der Waals surface area contributed by atoms with Gasteiger partial charge in [0, 0.05) is 51.0 Å². The number of aromatic nitrogens is 4. The molecule has 0 aromatic carbocycles. The van der Waals surface area contributed by atoms with E-state index in [4.69, 9.17) is 15.0 Å². The predicted octanol–water partition coefficient (Wildman–Crippen LogP) is 2.21. The Morgan fingerprint density at radius 3 is 2.07 bits per heavy atom. The van der Waals surface area contributed by atoms with Crippen LogP contribution in [0.15, 0.2) is 23.0 Å². The molecule has 2 atom stereocenters. The molecule has 0 aliphatic carbocycles. The van der Waals surface area contributed by atoms with Crippen LogP contribution in [0.25, 0.3) is 0 Å². The average Bonchev–Trinajstić information content (AvgIpc) is 3.45. The highest BCUT2D eigenvalue weighted by Gasteiger charge is 2.37. The van der Waals surface area contributed by atoms with Crippen molar-refractivity contribution in [2.45, 2.75) is 51.1 Å². The lowest BCUT2D eigenvalue weighted by Gasteiger charge is -2.37. The first-order valence-corrected chi connectivity index (χ1v) is 11.5. The molecule has 7 rings (SSSR count). The van der Waals surface area contributed by atoms with Gasteiger partial charge in [0.25, 0.3) is 5.56 Å². The van der Waals surface area contributed by atoms with Crippen molar-refractivity contribution in [3.05, 3.63) is 34.2 Å². The average molecular weight is 408 g/mol. The summed E-state index contributed by atoms with van der Waals surface area (Å²) in [6.07, 6.45) is 6.98. The molecule has 0 spiro atoms. The van der Waals surface area contributed by atoms with Crippen molar-refractivity contribution in [2.24, 2.45) is 5.92 Å². The van der Waals surface area contributed by atoms with E-state index in [-0.39, 0.29) is 11.6 Å². The summed E-state index contributed by atoms with van der Waals surface area (Å²) in [6.45, 7) is 5.78. The van der Waals surface area contributed by atoms with Crippen molar-refractivity contribution >= 4 is 17.8 Å². The summed E-state index contributed by atoms with van der Waals surface area (Å²) in [5, 5.41) is 0. The summed E-state index contributed by atoms with van der Waals surface area (Å²) in [4.78, 5) is 34.3. The summed E-state index contributed by atoms with van der Waals surface area (Å²) < 4.78 is 1.98. The van der Waals surface area contributed by atoms with Gasteiger partial charge in [0.15, 0.2) is 0 Å². The molecule has 0 N–H and O–H groups in total. The molecule has 0 radical (unpaired) electrons. The van der Waals surface area contributed by atoms with Crippen LogP contribution in [0.5, 0.6) is 0 Å². The van der Waals surface area contributed by atoms with Crippen molar-refractivity contribution in [2.75, 3.05) is 47.4 Å². The Hall–Kier alpha value is -2.64. The van der Waals surface area contributed by atoms with E-state index in [0.717, 1.165) is 75.6 Å². The van der Waals surface area contributed by atoms with Gasteiger partial charge in [-0.2, -0.15) is 15.0 Å². The quantitative estimate of drug-likeness (QED) is 0.772. The Balaban J connectivity index is 1.44. The molecule has 5 aliphatic rings. The highest BCUT2D eigenvalue weighted by atomic mass is 16.1. The number of piperidine rings is 1. The fraction of sp³-hybridized carbons (Fsp3) is 0.636. The van der Waals surface area contributed by atoms with E-state index in [1.807, 2.05) is 10.6 Å². The van der Waals surface area contributed by atoms with Crippen molar-refractivity contribution < 1.29 is 0 Å². The normalized spacial score (nSPS) is 25.7. The molecular formula is C22H29N7O. The summed E-state index contributed by atoms with van der Waals surface area (Å²) in [6, 6.07) is 5.83. The minimum Gasteiger partial charge on any atom is -0.341 e. The molecular weight excluding hydrogens is 378 g/mol. The van der Waals surface area contributed by atoms with Crippen LogP contribution in [0, 0.1) is 5.92 Å². The standard InChI is InChI=1S/C22H29N7O/c30-19-7-5-6-17-18-9-8-16(14-28(17)19)15-29(18)22-24-20(26-10-1-2-11-26)23-21(25-22)27-12-3-4-13-27/h5-7,16,18H,1-4,8-15H2. The lowest BCUT2D eigenvalue weighted by molar-refractivity contribution is 0.361. The zero-order valence-corrected chi connectivity index (χ0v) is 17.4. The molecule has 2 bridgehead atoms. The van der Waals surface area contributed by atoms with Crippen LogP contribution in [-0.2, 0) is 6.54 Å². The van der Waals surface area contributed by atoms with Crippen LogP contribution >= 0.6 is 0 Å². The Labute approximate surface area is 176 Å². The molecule has 0 amide bonds. The van der Waals surface area contributed by atoms with Crippen LogP contribution in [0.4, 0.5) is 17.8 Å². The first kappa shape index (κ1) is 18.2. The van der Waals surface area contributed by atoms with E-state index < -0.39 is 0 Å². The van der Waals surface area contributed by atoms with E-state index in [1.165, 1.54) is 25.7 Å². The molecule has 30 heavy (non-hydrogen) atoms. The number of hydrogen-bond donors (Lipinski definition) is 0. The summed E-state index contributed by atoms with van der Waals surface area (Å²) in [5.74, 6) is 2.88. The molecule has 7 heterocycles. The molecule has 8 heteroatoms. The highest BCUT2D eigenvalue weighted by molar-refractivity contribution is 5.49. The Bertz CT molecular complexity index is 959. The number of pyridine rings is 1. The van der Waals surface area contributed by atoms with Crippen molar-refractivity contribution in [1.82, 2.24) is 19.5 Å². The van der Waals surface area contributed by atoms with Crippen LogP contribution < -0.4 is 20.3 Å². The minimum absolute atomic E-state index is 0.109. The van der Waals surface area contributed by atoms with Gasteiger partial charge in [-0.3, -0.25) is 4.79 Å². The van der Waals surface area contributed by atoms with Crippen LogP contribution in [0.3, 0.4) is 0 Å². The van der Waals surface area contributed by atoms with E-state index in [1.54, 1.807) is 6.07 Å². The zero-order chi connectivity index (χ0) is 20.1. The first-order valence-electron chi connectivity index (χ1n) is 11.5. The minimum atomic E-state index is 0.109. The van der Waals surface area contributed by atoms with E-state index in [2.05, 4.69) is 20.8 Å². The Morgan fingerprint density at radius 2 is 1.40 bits per heavy atom. The number of fused-ring (bicyclic) bond motifs is 2.